The predicted octanol–water partition coefficient (Wildman–Crippen LogP) is 4.76. The zero-order valence-electron chi connectivity index (χ0n) is 18.4. The van der Waals surface area contributed by atoms with Crippen LogP contribution in [-0.4, -0.2) is 24.4 Å². The van der Waals surface area contributed by atoms with E-state index in [0.29, 0.717) is 24.2 Å². The molecule has 2 unspecified atom stereocenters. The summed E-state index contributed by atoms with van der Waals surface area (Å²) >= 11 is 0. The number of rotatable bonds is 6. The quantitative estimate of drug-likeness (QED) is 0.508. The largest absolute Gasteiger partial charge is 0.379 e. The highest BCUT2D eigenvalue weighted by Crippen LogP contribution is 2.41. The molecule has 2 atom stereocenters. The highest BCUT2D eigenvalue weighted by molar-refractivity contribution is 5.95. The van der Waals surface area contributed by atoms with E-state index >= 15 is 0 Å². The molecule has 2 amide bonds. The van der Waals surface area contributed by atoms with Gasteiger partial charge in [0.2, 0.25) is 5.91 Å². The minimum atomic E-state index is -0.597. The van der Waals surface area contributed by atoms with E-state index in [0.717, 1.165) is 11.1 Å². The van der Waals surface area contributed by atoms with Gasteiger partial charge in [-0.25, -0.2) is 8.78 Å². The summed E-state index contributed by atoms with van der Waals surface area (Å²) in [5, 5.41) is 6.03. The van der Waals surface area contributed by atoms with Gasteiger partial charge >= 0.3 is 0 Å². The monoisotopic (exact) mass is 449 g/mol. The molecule has 4 rings (SSSR count). The SMILES string of the molecule is Cc1ccc(F)c2c1C(CCNC(=O)c1ccc(-c3cccc(C(N)=O)c3)c(F)c1)C(C)N2. The van der Waals surface area contributed by atoms with Gasteiger partial charge in [-0.2, -0.15) is 0 Å². The minimum Gasteiger partial charge on any atom is -0.379 e. The molecule has 170 valence electrons. The van der Waals surface area contributed by atoms with E-state index in [-0.39, 0.29) is 40.4 Å². The van der Waals surface area contributed by atoms with Crippen molar-refractivity contribution in [3.05, 3.63) is 88.5 Å². The van der Waals surface area contributed by atoms with Crippen molar-refractivity contribution in [2.45, 2.75) is 32.2 Å². The van der Waals surface area contributed by atoms with Gasteiger partial charge < -0.3 is 16.4 Å². The van der Waals surface area contributed by atoms with E-state index in [2.05, 4.69) is 10.6 Å². The maximum atomic E-state index is 14.8. The third-order valence-electron chi connectivity index (χ3n) is 6.19. The number of hydrogen-bond donors (Lipinski definition) is 3. The van der Waals surface area contributed by atoms with E-state index in [9.17, 15) is 18.4 Å². The van der Waals surface area contributed by atoms with Crippen LogP contribution in [0.4, 0.5) is 14.5 Å². The van der Waals surface area contributed by atoms with Gasteiger partial charge in [0, 0.05) is 35.2 Å². The molecule has 0 saturated heterocycles. The fourth-order valence-corrected chi connectivity index (χ4v) is 4.47. The first-order valence-electron chi connectivity index (χ1n) is 10.8. The summed E-state index contributed by atoms with van der Waals surface area (Å²) in [6.45, 7) is 4.31. The van der Waals surface area contributed by atoms with Crippen LogP contribution in [0.1, 0.15) is 51.1 Å². The number of anilines is 1. The molecule has 0 spiro atoms. The molecule has 5 nitrogen and oxygen atoms in total. The highest BCUT2D eigenvalue weighted by atomic mass is 19.1. The molecule has 1 aliphatic rings. The van der Waals surface area contributed by atoms with Crippen LogP contribution in [0.3, 0.4) is 0 Å². The maximum Gasteiger partial charge on any atom is 0.251 e. The van der Waals surface area contributed by atoms with Crippen LogP contribution in [0.25, 0.3) is 11.1 Å². The normalized spacial score (nSPS) is 16.7. The van der Waals surface area contributed by atoms with Crippen LogP contribution in [0.2, 0.25) is 0 Å². The van der Waals surface area contributed by atoms with Crippen molar-refractivity contribution in [1.29, 1.82) is 0 Å². The third kappa shape index (κ3) is 4.44. The van der Waals surface area contributed by atoms with Crippen molar-refractivity contribution < 1.29 is 18.4 Å². The molecule has 0 bridgehead atoms. The van der Waals surface area contributed by atoms with E-state index in [4.69, 9.17) is 5.73 Å². The summed E-state index contributed by atoms with van der Waals surface area (Å²) < 4.78 is 28.9. The number of nitrogens with one attached hydrogen (secondary N) is 2. The molecular formula is C26H25F2N3O2. The van der Waals surface area contributed by atoms with E-state index in [1.165, 1.54) is 24.3 Å². The second-order valence-corrected chi connectivity index (χ2v) is 8.38. The number of halogens is 2. The molecule has 0 fully saturated rings. The number of carbonyl (C=O) groups excluding carboxylic acids is 2. The average Bonchev–Trinajstić information content (AvgIpc) is 3.13. The first-order valence-corrected chi connectivity index (χ1v) is 10.8. The van der Waals surface area contributed by atoms with Gasteiger partial charge in [0.05, 0.1) is 5.69 Å². The van der Waals surface area contributed by atoms with Crippen molar-refractivity contribution in [2.24, 2.45) is 5.73 Å². The number of nitrogens with two attached hydrogens (primary N) is 1. The summed E-state index contributed by atoms with van der Waals surface area (Å²) in [6.07, 6.45) is 0.623. The molecule has 3 aromatic rings. The van der Waals surface area contributed by atoms with Gasteiger partial charge in [0.1, 0.15) is 11.6 Å². The number of fused-ring (bicyclic) bond motifs is 1. The Hall–Kier alpha value is -3.74. The molecule has 1 aliphatic heterocycles. The molecule has 1 heterocycles. The van der Waals surface area contributed by atoms with Crippen LogP contribution >= 0.6 is 0 Å². The number of carbonyl (C=O) groups is 2. The van der Waals surface area contributed by atoms with Crippen molar-refractivity contribution in [2.75, 3.05) is 11.9 Å². The maximum absolute atomic E-state index is 14.8. The fraction of sp³-hybridized carbons (Fsp3) is 0.231. The molecule has 33 heavy (non-hydrogen) atoms. The first kappa shape index (κ1) is 22.5. The van der Waals surface area contributed by atoms with Crippen LogP contribution in [0.5, 0.6) is 0 Å². The number of aryl methyl sites for hydroxylation is 1. The lowest BCUT2D eigenvalue weighted by molar-refractivity contribution is 0.0950. The van der Waals surface area contributed by atoms with E-state index < -0.39 is 11.7 Å². The standard InChI is InChI=1S/C26H25F2N3O2/c1-14-6-9-21(27)24-23(14)19(15(2)31-24)10-11-30-26(33)18-7-8-20(22(28)13-18)16-4-3-5-17(12-16)25(29)32/h3-9,12-13,15,19,31H,10-11H2,1-2H3,(H2,29,32)(H,30,33). The summed E-state index contributed by atoms with van der Waals surface area (Å²) in [6, 6.07) is 13.9. The molecule has 0 aliphatic carbocycles. The van der Waals surface area contributed by atoms with Gasteiger partial charge in [0.15, 0.2) is 0 Å². The second kappa shape index (κ2) is 9.02. The van der Waals surface area contributed by atoms with Crippen molar-refractivity contribution >= 4 is 17.5 Å². The average molecular weight is 450 g/mol. The van der Waals surface area contributed by atoms with Crippen molar-refractivity contribution in [3.63, 3.8) is 0 Å². The lowest BCUT2D eigenvalue weighted by Crippen LogP contribution is -2.27. The van der Waals surface area contributed by atoms with Gasteiger partial charge in [0.25, 0.3) is 5.91 Å². The predicted molar refractivity (Wildman–Crippen MR) is 124 cm³/mol. The zero-order valence-corrected chi connectivity index (χ0v) is 18.4. The Bertz CT molecular complexity index is 1240. The Kier molecular flexibility index (Phi) is 6.14. The molecule has 4 N–H and O–H groups in total. The molecule has 0 saturated carbocycles. The van der Waals surface area contributed by atoms with Gasteiger partial charge in [-0.1, -0.05) is 24.3 Å². The zero-order chi connectivity index (χ0) is 23.7. The molecular weight excluding hydrogens is 424 g/mol. The van der Waals surface area contributed by atoms with Crippen LogP contribution in [0.15, 0.2) is 54.6 Å². The Morgan fingerprint density at radius 2 is 1.82 bits per heavy atom. The Balaban J connectivity index is 1.43. The van der Waals surface area contributed by atoms with E-state index in [1.54, 1.807) is 30.3 Å². The second-order valence-electron chi connectivity index (χ2n) is 8.38. The summed E-state index contributed by atoms with van der Waals surface area (Å²) in [5.41, 5.74) is 9.04. The molecule has 0 radical (unpaired) electrons. The first-order chi connectivity index (χ1) is 15.8. The summed E-state index contributed by atoms with van der Waals surface area (Å²) in [7, 11) is 0. The lowest BCUT2D eigenvalue weighted by Gasteiger charge is -2.18. The number of primary amides is 1. The Labute approximate surface area is 191 Å². The third-order valence-corrected chi connectivity index (χ3v) is 6.19. The topological polar surface area (TPSA) is 84.2 Å². The number of hydrogen-bond acceptors (Lipinski definition) is 3. The smallest absolute Gasteiger partial charge is 0.251 e. The summed E-state index contributed by atoms with van der Waals surface area (Å²) in [5.74, 6) is -1.77. The summed E-state index contributed by atoms with van der Waals surface area (Å²) in [4.78, 5) is 24.0. The minimum absolute atomic E-state index is 0.0420. The van der Waals surface area contributed by atoms with Gasteiger partial charge in [-0.05, 0) is 67.3 Å². The number of benzene rings is 3. The molecule has 3 aromatic carbocycles. The van der Waals surface area contributed by atoms with Crippen LogP contribution in [0, 0.1) is 18.6 Å². The number of amides is 2. The molecule has 0 aromatic heterocycles. The Morgan fingerprint density at radius 3 is 2.55 bits per heavy atom. The highest BCUT2D eigenvalue weighted by Gasteiger charge is 2.32. The molecule has 7 heteroatoms. The van der Waals surface area contributed by atoms with Crippen molar-refractivity contribution in [1.82, 2.24) is 5.32 Å². The van der Waals surface area contributed by atoms with Crippen molar-refractivity contribution in [3.8, 4) is 11.1 Å². The van der Waals surface area contributed by atoms with Crippen LogP contribution < -0.4 is 16.4 Å². The van der Waals surface area contributed by atoms with Gasteiger partial charge in [-0.15, -0.1) is 0 Å². The van der Waals surface area contributed by atoms with Gasteiger partial charge in [-0.3, -0.25) is 9.59 Å². The lowest BCUT2D eigenvalue weighted by atomic mass is 9.89. The van der Waals surface area contributed by atoms with E-state index in [1.807, 2.05) is 13.8 Å². The fourth-order valence-electron chi connectivity index (χ4n) is 4.47. The van der Waals surface area contributed by atoms with Crippen LogP contribution in [-0.2, 0) is 0 Å². The Morgan fingerprint density at radius 1 is 1.03 bits per heavy atom.